The normalized spacial score (nSPS) is 12.4. The summed E-state index contributed by atoms with van der Waals surface area (Å²) < 4.78 is 5.76. The van der Waals surface area contributed by atoms with Gasteiger partial charge in [-0.25, -0.2) is 4.98 Å². The summed E-state index contributed by atoms with van der Waals surface area (Å²) in [6.45, 7) is 4.33. The smallest absolute Gasteiger partial charge is 0.131 e. The lowest BCUT2D eigenvalue weighted by molar-refractivity contribution is 0.297. The van der Waals surface area contributed by atoms with Crippen LogP contribution in [0.15, 0.2) is 23.6 Å². The molecule has 1 atom stereocenters. The van der Waals surface area contributed by atoms with Crippen molar-refractivity contribution in [3.63, 3.8) is 0 Å². The number of nitrogens with zero attached hydrogens (tertiary/aromatic N) is 1. The number of thiazole rings is 1. The molecule has 5 heteroatoms. The van der Waals surface area contributed by atoms with Gasteiger partial charge in [0.1, 0.15) is 12.4 Å². The Hall–Kier alpha value is -1.10. The third-order valence-electron chi connectivity index (χ3n) is 2.50. The summed E-state index contributed by atoms with van der Waals surface area (Å²) in [4.78, 5) is 4.35. The number of rotatable bonds is 4. The zero-order valence-electron chi connectivity index (χ0n) is 10.3. The largest absolute Gasteiger partial charge is 0.487 e. The molecule has 1 heterocycles. The molecule has 0 aliphatic carbocycles. The van der Waals surface area contributed by atoms with Crippen molar-refractivity contribution >= 4 is 22.9 Å². The van der Waals surface area contributed by atoms with Gasteiger partial charge in [0.25, 0.3) is 0 Å². The molecule has 0 amide bonds. The number of aryl methyl sites for hydroxylation is 1. The molecule has 96 valence electrons. The van der Waals surface area contributed by atoms with E-state index >= 15 is 0 Å². The van der Waals surface area contributed by atoms with Gasteiger partial charge in [-0.3, -0.25) is 0 Å². The van der Waals surface area contributed by atoms with Crippen molar-refractivity contribution in [2.75, 3.05) is 0 Å². The monoisotopic (exact) mass is 282 g/mol. The second kappa shape index (κ2) is 5.69. The van der Waals surface area contributed by atoms with E-state index in [1.165, 1.54) is 0 Å². The molecule has 0 aliphatic rings. The van der Waals surface area contributed by atoms with Gasteiger partial charge in [-0.1, -0.05) is 11.6 Å². The third kappa shape index (κ3) is 3.22. The molecule has 0 aliphatic heterocycles. The Morgan fingerprint density at radius 3 is 2.89 bits per heavy atom. The second-order valence-electron chi connectivity index (χ2n) is 4.12. The average Bonchev–Trinajstić information content (AvgIpc) is 2.73. The van der Waals surface area contributed by atoms with Crippen molar-refractivity contribution in [3.05, 3.63) is 44.9 Å². The molecule has 2 rings (SSSR count). The maximum atomic E-state index is 5.96. The molecule has 0 spiro atoms. The van der Waals surface area contributed by atoms with Crippen molar-refractivity contribution in [2.45, 2.75) is 26.5 Å². The molecule has 0 bridgehead atoms. The average molecular weight is 283 g/mol. The van der Waals surface area contributed by atoms with Crippen molar-refractivity contribution in [1.29, 1.82) is 0 Å². The van der Waals surface area contributed by atoms with Crippen LogP contribution < -0.4 is 10.5 Å². The molecule has 1 aromatic heterocycles. The summed E-state index contributed by atoms with van der Waals surface area (Å²) in [6.07, 6.45) is 0. The summed E-state index contributed by atoms with van der Waals surface area (Å²) in [7, 11) is 0. The fourth-order valence-electron chi connectivity index (χ4n) is 1.63. The lowest BCUT2D eigenvalue weighted by atomic mass is 10.1. The molecule has 2 N–H and O–H groups in total. The number of benzene rings is 1. The molecule has 3 nitrogen and oxygen atoms in total. The number of hydrogen-bond donors (Lipinski definition) is 1. The van der Waals surface area contributed by atoms with Crippen LogP contribution in [0.2, 0.25) is 5.02 Å². The highest BCUT2D eigenvalue weighted by atomic mass is 35.5. The fourth-order valence-corrected chi connectivity index (χ4v) is 2.41. The van der Waals surface area contributed by atoms with Crippen LogP contribution in [0, 0.1) is 6.92 Å². The molecular weight excluding hydrogens is 268 g/mol. The topological polar surface area (TPSA) is 48.1 Å². The molecule has 0 saturated heterocycles. The Kier molecular flexibility index (Phi) is 4.22. The summed E-state index contributed by atoms with van der Waals surface area (Å²) >= 11 is 7.58. The standard InChI is InChI=1S/C13H15ClN2OS/c1-8(15)12-5-10(14)3-4-13(12)17-6-11-7-18-9(2)16-11/h3-5,7-8H,6,15H2,1-2H3/t8-/m1/s1. The Balaban J connectivity index is 2.13. The predicted octanol–water partition coefficient (Wildman–Crippen LogP) is 3.70. The first-order chi connectivity index (χ1) is 8.56. The molecular formula is C13H15ClN2OS. The van der Waals surface area contributed by atoms with Gasteiger partial charge in [0.15, 0.2) is 0 Å². The number of nitrogens with two attached hydrogens (primary N) is 1. The molecule has 0 saturated carbocycles. The van der Waals surface area contributed by atoms with Crippen LogP contribution in [0.5, 0.6) is 5.75 Å². The van der Waals surface area contributed by atoms with Gasteiger partial charge in [0.05, 0.1) is 10.7 Å². The molecule has 1 aromatic carbocycles. The van der Waals surface area contributed by atoms with Crippen LogP contribution in [0.4, 0.5) is 0 Å². The van der Waals surface area contributed by atoms with Gasteiger partial charge in [-0.05, 0) is 32.0 Å². The minimum Gasteiger partial charge on any atom is -0.487 e. The first kappa shape index (κ1) is 13.3. The Morgan fingerprint density at radius 1 is 1.50 bits per heavy atom. The van der Waals surface area contributed by atoms with E-state index in [-0.39, 0.29) is 6.04 Å². The van der Waals surface area contributed by atoms with E-state index in [1.54, 1.807) is 17.4 Å². The second-order valence-corrected chi connectivity index (χ2v) is 5.62. The Bertz CT molecular complexity index is 540. The van der Waals surface area contributed by atoms with Gasteiger partial charge >= 0.3 is 0 Å². The first-order valence-electron chi connectivity index (χ1n) is 5.65. The number of hydrogen-bond acceptors (Lipinski definition) is 4. The summed E-state index contributed by atoms with van der Waals surface area (Å²) in [5.74, 6) is 0.764. The highest BCUT2D eigenvalue weighted by Gasteiger charge is 2.09. The minimum atomic E-state index is -0.115. The molecule has 0 unspecified atom stereocenters. The fraction of sp³-hybridized carbons (Fsp3) is 0.308. The van der Waals surface area contributed by atoms with Crippen molar-refractivity contribution in [3.8, 4) is 5.75 Å². The lowest BCUT2D eigenvalue weighted by Gasteiger charge is -2.13. The van der Waals surface area contributed by atoms with Crippen LogP contribution >= 0.6 is 22.9 Å². The maximum Gasteiger partial charge on any atom is 0.131 e. The SMILES string of the molecule is Cc1nc(COc2ccc(Cl)cc2[C@@H](C)N)cs1. The number of halogens is 1. The van der Waals surface area contributed by atoms with Gasteiger partial charge < -0.3 is 10.5 Å². The van der Waals surface area contributed by atoms with E-state index in [2.05, 4.69) is 4.98 Å². The Morgan fingerprint density at radius 2 is 2.28 bits per heavy atom. The molecule has 0 fully saturated rings. The summed E-state index contributed by atoms with van der Waals surface area (Å²) in [5, 5.41) is 3.70. The van der Waals surface area contributed by atoms with Crippen molar-refractivity contribution < 1.29 is 4.74 Å². The zero-order valence-corrected chi connectivity index (χ0v) is 11.9. The van der Waals surface area contributed by atoms with Crippen LogP contribution in [-0.2, 0) is 6.61 Å². The van der Waals surface area contributed by atoms with E-state index in [9.17, 15) is 0 Å². The summed E-state index contributed by atoms with van der Waals surface area (Å²) in [6, 6.07) is 5.37. The van der Waals surface area contributed by atoms with Crippen LogP contribution in [-0.4, -0.2) is 4.98 Å². The molecule has 0 radical (unpaired) electrons. The van der Waals surface area contributed by atoms with Gasteiger partial charge in [-0.2, -0.15) is 0 Å². The third-order valence-corrected chi connectivity index (χ3v) is 3.56. The summed E-state index contributed by atoms with van der Waals surface area (Å²) in [5.41, 5.74) is 7.75. The molecule has 18 heavy (non-hydrogen) atoms. The highest BCUT2D eigenvalue weighted by molar-refractivity contribution is 7.09. The van der Waals surface area contributed by atoms with E-state index in [1.807, 2.05) is 31.4 Å². The molecule has 2 aromatic rings. The van der Waals surface area contributed by atoms with Crippen LogP contribution in [0.25, 0.3) is 0 Å². The zero-order chi connectivity index (χ0) is 13.1. The van der Waals surface area contributed by atoms with Crippen LogP contribution in [0.3, 0.4) is 0 Å². The van der Waals surface area contributed by atoms with Crippen LogP contribution in [0.1, 0.15) is 29.2 Å². The van der Waals surface area contributed by atoms with E-state index in [4.69, 9.17) is 22.1 Å². The van der Waals surface area contributed by atoms with Gasteiger partial charge in [-0.15, -0.1) is 11.3 Å². The van der Waals surface area contributed by atoms with Gasteiger partial charge in [0.2, 0.25) is 0 Å². The first-order valence-corrected chi connectivity index (χ1v) is 6.91. The van der Waals surface area contributed by atoms with Crippen molar-refractivity contribution in [2.24, 2.45) is 5.73 Å². The van der Waals surface area contributed by atoms with E-state index in [0.717, 1.165) is 22.0 Å². The van der Waals surface area contributed by atoms with Crippen molar-refractivity contribution in [1.82, 2.24) is 4.98 Å². The predicted molar refractivity (Wildman–Crippen MR) is 75.2 cm³/mol. The van der Waals surface area contributed by atoms with Gasteiger partial charge in [0, 0.05) is 22.0 Å². The lowest BCUT2D eigenvalue weighted by Crippen LogP contribution is -2.08. The number of aromatic nitrogens is 1. The maximum absolute atomic E-state index is 5.96. The quantitative estimate of drug-likeness (QED) is 0.930. The van der Waals surface area contributed by atoms with E-state index < -0.39 is 0 Å². The number of ether oxygens (including phenoxy) is 1. The minimum absolute atomic E-state index is 0.115. The van der Waals surface area contributed by atoms with E-state index in [0.29, 0.717) is 11.6 Å². The Labute approximate surface area is 116 Å². The highest BCUT2D eigenvalue weighted by Crippen LogP contribution is 2.28.